The summed E-state index contributed by atoms with van der Waals surface area (Å²) in [7, 11) is 7.39. The summed E-state index contributed by atoms with van der Waals surface area (Å²) < 4.78 is 33.5. The summed E-state index contributed by atoms with van der Waals surface area (Å²) in [5.74, 6) is 1.75. The number of rotatable bonds is 6. The summed E-state index contributed by atoms with van der Waals surface area (Å²) in [4.78, 5) is 12.6. The average Bonchev–Trinajstić information content (AvgIpc) is 2.71. The zero-order valence-electron chi connectivity index (χ0n) is 15.7. The van der Waals surface area contributed by atoms with E-state index in [0.29, 0.717) is 45.3 Å². The molecule has 0 aliphatic heterocycles. The lowest BCUT2D eigenvalue weighted by atomic mass is 10.1. The molecule has 7 nitrogen and oxygen atoms in total. The lowest BCUT2D eigenvalue weighted by Crippen LogP contribution is -2.05. The Balaban J connectivity index is 2.46. The van der Waals surface area contributed by atoms with Gasteiger partial charge in [-0.25, -0.2) is 0 Å². The molecule has 7 heteroatoms. The fourth-order valence-electron chi connectivity index (χ4n) is 3.04. The Labute approximate surface area is 156 Å². The van der Waals surface area contributed by atoms with Crippen molar-refractivity contribution in [3.05, 3.63) is 40.6 Å². The fraction of sp³-hybridized carbons (Fsp3) is 0.250. The number of ether oxygens (including phenoxy) is 5. The highest BCUT2D eigenvalue weighted by molar-refractivity contribution is 5.86. The van der Waals surface area contributed by atoms with Crippen molar-refractivity contribution in [2.75, 3.05) is 35.5 Å². The van der Waals surface area contributed by atoms with Gasteiger partial charge in [-0.1, -0.05) is 12.1 Å². The van der Waals surface area contributed by atoms with Crippen molar-refractivity contribution in [1.82, 2.24) is 0 Å². The van der Waals surface area contributed by atoms with Crippen LogP contribution in [0.4, 0.5) is 0 Å². The van der Waals surface area contributed by atoms with E-state index < -0.39 is 0 Å². The van der Waals surface area contributed by atoms with Crippen molar-refractivity contribution in [3.8, 4) is 40.1 Å². The first-order valence-electron chi connectivity index (χ1n) is 8.08. The second-order valence-corrected chi connectivity index (χ2v) is 5.51. The maximum absolute atomic E-state index is 12.6. The van der Waals surface area contributed by atoms with Gasteiger partial charge in [-0.15, -0.1) is 0 Å². The normalized spacial score (nSPS) is 10.6. The second-order valence-electron chi connectivity index (χ2n) is 5.51. The molecule has 27 heavy (non-hydrogen) atoms. The molecule has 1 aromatic heterocycles. The minimum atomic E-state index is -0.190. The molecule has 0 bridgehead atoms. The molecule has 0 amide bonds. The topological polar surface area (TPSA) is 76.4 Å². The van der Waals surface area contributed by atoms with Crippen LogP contribution >= 0.6 is 0 Å². The maximum atomic E-state index is 12.6. The molecule has 0 fully saturated rings. The monoisotopic (exact) mass is 372 g/mol. The van der Waals surface area contributed by atoms with Gasteiger partial charge in [0.15, 0.2) is 16.9 Å². The highest BCUT2D eigenvalue weighted by atomic mass is 16.6. The van der Waals surface area contributed by atoms with Gasteiger partial charge in [-0.05, 0) is 12.1 Å². The van der Waals surface area contributed by atoms with Gasteiger partial charge in [0.25, 0.3) is 0 Å². The van der Waals surface area contributed by atoms with Gasteiger partial charge < -0.3 is 28.1 Å². The Morgan fingerprint density at radius 1 is 0.704 bits per heavy atom. The third kappa shape index (κ3) is 2.91. The first-order chi connectivity index (χ1) is 13.1. The molecule has 1 heterocycles. The molecule has 0 aliphatic carbocycles. The largest absolute Gasteiger partial charge is 0.492 e. The summed E-state index contributed by atoms with van der Waals surface area (Å²) in [6, 6.07) is 8.37. The van der Waals surface area contributed by atoms with Gasteiger partial charge >= 0.3 is 0 Å². The van der Waals surface area contributed by atoms with Crippen molar-refractivity contribution in [2.45, 2.75) is 0 Å². The van der Waals surface area contributed by atoms with Crippen molar-refractivity contribution >= 4 is 11.0 Å². The lowest BCUT2D eigenvalue weighted by molar-refractivity contribution is 0.291. The van der Waals surface area contributed by atoms with E-state index in [2.05, 4.69) is 0 Å². The van der Waals surface area contributed by atoms with Gasteiger partial charge in [0.2, 0.25) is 17.2 Å². The van der Waals surface area contributed by atoms with E-state index in [1.165, 1.54) is 41.6 Å². The van der Waals surface area contributed by atoms with E-state index in [1.807, 2.05) is 0 Å². The summed E-state index contributed by atoms with van der Waals surface area (Å²) in [6.07, 6.45) is 0. The summed E-state index contributed by atoms with van der Waals surface area (Å²) in [5.41, 5.74) is 0.639. The van der Waals surface area contributed by atoms with Crippen LogP contribution in [0.3, 0.4) is 0 Å². The molecule has 142 valence electrons. The molecular weight excluding hydrogens is 352 g/mol. The van der Waals surface area contributed by atoms with E-state index in [0.717, 1.165) is 0 Å². The van der Waals surface area contributed by atoms with Crippen molar-refractivity contribution in [2.24, 2.45) is 0 Å². The number of benzene rings is 2. The van der Waals surface area contributed by atoms with E-state index in [1.54, 1.807) is 24.3 Å². The summed E-state index contributed by atoms with van der Waals surface area (Å²) >= 11 is 0. The predicted octanol–water partition coefficient (Wildman–Crippen LogP) is 3.50. The Hall–Kier alpha value is -3.35. The first-order valence-corrected chi connectivity index (χ1v) is 8.08. The molecule has 0 unspecified atom stereocenters. The van der Waals surface area contributed by atoms with Gasteiger partial charge in [-0.2, -0.15) is 0 Å². The number of hydrogen-bond donors (Lipinski definition) is 0. The fourth-order valence-corrected chi connectivity index (χ4v) is 3.04. The molecule has 2 aromatic carbocycles. The molecule has 0 saturated carbocycles. The molecule has 3 aromatic rings. The van der Waals surface area contributed by atoms with E-state index >= 15 is 0 Å². The average molecular weight is 372 g/mol. The van der Waals surface area contributed by atoms with E-state index in [-0.39, 0.29) is 11.2 Å². The zero-order chi connectivity index (χ0) is 19.6. The van der Waals surface area contributed by atoms with E-state index in [4.69, 9.17) is 28.1 Å². The molecule has 0 aliphatic rings. The Morgan fingerprint density at radius 3 is 1.70 bits per heavy atom. The van der Waals surface area contributed by atoms with Crippen LogP contribution in [0, 0.1) is 0 Å². The Kier molecular flexibility index (Phi) is 5.12. The third-order valence-corrected chi connectivity index (χ3v) is 4.18. The highest BCUT2D eigenvalue weighted by Crippen LogP contribution is 2.56. The van der Waals surface area contributed by atoms with E-state index in [9.17, 15) is 4.79 Å². The van der Waals surface area contributed by atoms with Gasteiger partial charge in [0.05, 0.1) is 40.9 Å². The van der Waals surface area contributed by atoms with Crippen LogP contribution in [-0.4, -0.2) is 35.5 Å². The minimum Gasteiger partial charge on any atom is -0.492 e. The van der Waals surface area contributed by atoms with Crippen molar-refractivity contribution < 1.29 is 28.1 Å². The van der Waals surface area contributed by atoms with Crippen LogP contribution in [0.15, 0.2) is 39.5 Å². The molecule has 3 rings (SSSR count). The molecule has 0 atom stereocenters. The Bertz CT molecular complexity index is 1000. The molecule has 0 spiro atoms. The number of hydrogen-bond acceptors (Lipinski definition) is 7. The number of methoxy groups -OCH3 is 5. The van der Waals surface area contributed by atoms with Gasteiger partial charge in [0.1, 0.15) is 16.9 Å². The molecule has 0 N–H and O–H groups in total. The maximum Gasteiger partial charge on any atom is 0.211 e. The standard InChI is InChI=1S/C20H20O7/c1-22-16-15(14-10-12(21)11-8-6-7-9-13(11)27-14)17(23-2)19(25-4)20(26-5)18(16)24-3/h6-10H,1-5H3. The van der Waals surface area contributed by atoms with Crippen molar-refractivity contribution in [3.63, 3.8) is 0 Å². The zero-order valence-corrected chi connectivity index (χ0v) is 15.7. The van der Waals surface area contributed by atoms with Crippen LogP contribution in [0.5, 0.6) is 28.7 Å². The molecule has 0 radical (unpaired) electrons. The van der Waals surface area contributed by atoms with Crippen LogP contribution < -0.4 is 29.1 Å². The predicted molar refractivity (Wildman–Crippen MR) is 101 cm³/mol. The van der Waals surface area contributed by atoms with Crippen LogP contribution in [0.1, 0.15) is 0 Å². The smallest absolute Gasteiger partial charge is 0.211 e. The molecular formula is C20H20O7. The second kappa shape index (κ2) is 7.49. The SMILES string of the molecule is COc1c(OC)c(OC)c(-c2cc(=O)c3ccccc3o2)c(OC)c1OC. The quantitative estimate of drug-likeness (QED) is 0.655. The highest BCUT2D eigenvalue weighted by Gasteiger charge is 2.30. The minimum absolute atomic E-state index is 0.190. The van der Waals surface area contributed by atoms with Crippen LogP contribution in [0.25, 0.3) is 22.3 Å². The molecule has 0 saturated heterocycles. The summed E-state index contributed by atoms with van der Waals surface area (Å²) in [6.45, 7) is 0. The van der Waals surface area contributed by atoms with Crippen LogP contribution in [0.2, 0.25) is 0 Å². The summed E-state index contributed by atoms with van der Waals surface area (Å²) in [5, 5.41) is 0.478. The number of fused-ring (bicyclic) bond motifs is 1. The number of para-hydroxylation sites is 1. The van der Waals surface area contributed by atoms with Crippen LogP contribution in [-0.2, 0) is 0 Å². The lowest BCUT2D eigenvalue weighted by Gasteiger charge is -2.21. The third-order valence-electron chi connectivity index (χ3n) is 4.18. The Morgan fingerprint density at radius 2 is 1.19 bits per heavy atom. The van der Waals surface area contributed by atoms with Crippen molar-refractivity contribution in [1.29, 1.82) is 0 Å². The van der Waals surface area contributed by atoms with Gasteiger partial charge in [-0.3, -0.25) is 4.79 Å². The first kappa shape index (κ1) is 18.4. The van der Waals surface area contributed by atoms with Gasteiger partial charge in [0, 0.05) is 6.07 Å².